The molecule has 0 spiro atoms. The number of hydrogen-bond donors (Lipinski definition) is 2. The predicted octanol–water partition coefficient (Wildman–Crippen LogP) is 2.78. The third-order valence-corrected chi connectivity index (χ3v) is 3.80. The van der Waals surface area contributed by atoms with Crippen molar-refractivity contribution in [3.63, 3.8) is 0 Å². The topological polar surface area (TPSA) is 87.3 Å². The van der Waals surface area contributed by atoms with Crippen LogP contribution in [0.1, 0.15) is 0 Å². The van der Waals surface area contributed by atoms with Gasteiger partial charge in [0.05, 0.1) is 47.8 Å². The first-order chi connectivity index (χ1) is 13.1. The highest BCUT2D eigenvalue weighted by Gasteiger charge is 2.14. The molecule has 0 aromatic heterocycles. The first-order valence-electron chi connectivity index (χ1n) is 8.12. The summed E-state index contributed by atoms with van der Waals surface area (Å²) < 4.78 is 26.3. The number of ether oxygens (including phenoxy) is 5. The summed E-state index contributed by atoms with van der Waals surface area (Å²) in [6.45, 7) is 0.0355. The van der Waals surface area contributed by atoms with Gasteiger partial charge in [-0.25, -0.2) is 0 Å². The van der Waals surface area contributed by atoms with Crippen LogP contribution in [-0.2, 0) is 4.79 Å². The van der Waals surface area contributed by atoms with Gasteiger partial charge in [-0.05, 0) is 12.1 Å². The quantitative estimate of drug-likeness (QED) is 0.696. The lowest BCUT2D eigenvalue weighted by Gasteiger charge is -2.15. The molecule has 146 valence electrons. The number of amides is 1. The molecule has 27 heavy (non-hydrogen) atoms. The molecule has 0 saturated carbocycles. The highest BCUT2D eigenvalue weighted by molar-refractivity contribution is 5.95. The zero-order chi connectivity index (χ0) is 19.8. The summed E-state index contributed by atoms with van der Waals surface area (Å²) >= 11 is 0. The molecule has 0 aliphatic rings. The molecule has 1 amide bonds. The SMILES string of the molecule is COc1ccc(NC(=O)CNc2cc(OC)c(OC)c(OC)c2)c(OC)c1. The van der Waals surface area contributed by atoms with Crippen LogP contribution < -0.4 is 34.3 Å². The fraction of sp³-hybridized carbons (Fsp3) is 0.316. The van der Waals surface area contributed by atoms with E-state index in [9.17, 15) is 4.79 Å². The Kier molecular flexibility index (Phi) is 6.99. The number of methoxy groups -OCH3 is 5. The zero-order valence-corrected chi connectivity index (χ0v) is 16.0. The van der Waals surface area contributed by atoms with E-state index in [0.29, 0.717) is 40.1 Å². The number of carbonyl (C=O) groups is 1. The number of hydrogen-bond acceptors (Lipinski definition) is 7. The molecule has 0 aliphatic carbocycles. The molecule has 0 fully saturated rings. The van der Waals surface area contributed by atoms with E-state index < -0.39 is 0 Å². The minimum absolute atomic E-state index is 0.0355. The fourth-order valence-corrected chi connectivity index (χ4v) is 2.46. The second-order valence-corrected chi connectivity index (χ2v) is 5.38. The maximum Gasteiger partial charge on any atom is 0.243 e. The van der Waals surface area contributed by atoms with Gasteiger partial charge in [0.25, 0.3) is 0 Å². The summed E-state index contributed by atoms with van der Waals surface area (Å²) in [5.41, 5.74) is 1.20. The first-order valence-corrected chi connectivity index (χ1v) is 8.12. The number of benzene rings is 2. The summed E-state index contributed by atoms with van der Waals surface area (Å²) in [4.78, 5) is 12.3. The molecule has 2 N–H and O–H groups in total. The molecule has 0 radical (unpaired) electrons. The van der Waals surface area contributed by atoms with Crippen LogP contribution in [-0.4, -0.2) is 48.0 Å². The van der Waals surface area contributed by atoms with Gasteiger partial charge < -0.3 is 34.3 Å². The van der Waals surface area contributed by atoms with Crippen LogP contribution in [0.15, 0.2) is 30.3 Å². The Labute approximate surface area is 158 Å². The lowest BCUT2D eigenvalue weighted by atomic mass is 10.2. The average molecular weight is 376 g/mol. The predicted molar refractivity (Wildman–Crippen MR) is 103 cm³/mol. The van der Waals surface area contributed by atoms with Gasteiger partial charge in [-0.2, -0.15) is 0 Å². The van der Waals surface area contributed by atoms with E-state index >= 15 is 0 Å². The van der Waals surface area contributed by atoms with Crippen LogP contribution >= 0.6 is 0 Å². The number of carbonyl (C=O) groups excluding carboxylic acids is 1. The molecule has 2 rings (SSSR count). The third kappa shape index (κ3) is 4.87. The van der Waals surface area contributed by atoms with Gasteiger partial charge in [0, 0.05) is 23.9 Å². The maximum absolute atomic E-state index is 12.3. The van der Waals surface area contributed by atoms with Crippen LogP contribution in [0.3, 0.4) is 0 Å². The Bertz CT molecular complexity index is 769. The second kappa shape index (κ2) is 9.42. The number of nitrogens with one attached hydrogen (secondary N) is 2. The molecular weight excluding hydrogens is 352 g/mol. The van der Waals surface area contributed by atoms with Crippen LogP contribution in [0.4, 0.5) is 11.4 Å². The van der Waals surface area contributed by atoms with Gasteiger partial charge in [0.1, 0.15) is 11.5 Å². The molecule has 8 heteroatoms. The average Bonchev–Trinajstić information content (AvgIpc) is 2.71. The summed E-state index contributed by atoms with van der Waals surface area (Å²) in [5.74, 6) is 2.38. The maximum atomic E-state index is 12.3. The van der Waals surface area contributed by atoms with Crippen molar-refractivity contribution in [1.29, 1.82) is 0 Å². The molecular formula is C19H24N2O6. The Morgan fingerprint density at radius 3 is 1.96 bits per heavy atom. The van der Waals surface area contributed by atoms with Gasteiger partial charge in [-0.1, -0.05) is 0 Å². The van der Waals surface area contributed by atoms with E-state index in [1.807, 2.05) is 0 Å². The molecule has 0 bridgehead atoms. The van der Waals surface area contributed by atoms with E-state index in [2.05, 4.69) is 10.6 Å². The summed E-state index contributed by atoms with van der Waals surface area (Å²) in [7, 11) is 7.68. The van der Waals surface area contributed by atoms with Gasteiger partial charge in [-0.15, -0.1) is 0 Å². The van der Waals surface area contributed by atoms with E-state index in [-0.39, 0.29) is 12.5 Å². The monoisotopic (exact) mass is 376 g/mol. The lowest BCUT2D eigenvalue weighted by Crippen LogP contribution is -2.22. The second-order valence-electron chi connectivity index (χ2n) is 5.38. The van der Waals surface area contributed by atoms with Crippen LogP contribution in [0, 0.1) is 0 Å². The number of rotatable bonds is 9. The third-order valence-electron chi connectivity index (χ3n) is 3.80. The van der Waals surface area contributed by atoms with Crippen molar-refractivity contribution < 1.29 is 28.5 Å². The van der Waals surface area contributed by atoms with E-state index in [0.717, 1.165) is 0 Å². The molecule has 8 nitrogen and oxygen atoms in total. The first kappa shape index (κ1) is 20.0. The fourth-order valence-electron chi connectivity index (χ4n) is 2.46. The summed E-state index contributed by atoms with van der Waals surface area (Å²) in [6.07, 6.45) is 0. The molecule has 0 saturated heterocycles. The van der Waals surface area contributed by atoms with E-state index in [1.54, 1.807) is 37.4 Å². The highest BCUT2D eigenvalue weighted by atomic mass is 16.5. The summed E-state index contributed by atoms with van der Waals surface area (Å²) in [5, 5.41) is 5.83. The molecule has 2 aromatic carbocycles. The molecule has 0 atom stereocenters. The van der Waals surface area contributed by atoms with Gasteiger partial charge in [0.2, 0.25) is 11.7 Å². The van der Waals surface area contributed by atoms with Crippen molar-refractivity contribution in [2.24, 2.45) is 0 Å². The smallest absolute Gasteiger partial charge is 0.243 e. The van der Waals surface area contributed by atoms with Gasteiger partial charge >= 0.3 is 0 Å². The summed E-state index contributed by atoms with van der Waals surface area (Å²) in [6, 6.07) is 8.60. The Hall–Kier alpha value is -3.29. The van der Waals surface area contributed by atoms with Crippen LogP contribution in [0.25, 0.3) is 0 Å². The highest BCUT2D eigenvalue weighted by Crippen LogP contribution is 2.39. The van der Waals surface area contributed by atoms with Crippen molar-refractivity contribution >= 4 is 17.3 Å². The lowest BCUT2D eigenvalue weighted by molar-refractivity contribution is -0.114. The standard InChI is InChI=1S/C19H24N2O6/c1-23-13-6-7-14(15(10-13)24-2)21-18(22)11-20-12-8-16(25-3)19(27-5)17(9-12)26-4/h6-10,20H,11H2,1-5H3,(H,21,22). The van der Waals surface area contributed by atoms with Gasteiger partial charge in [-0.3, -0.25) is 4.79 Å². The van der Waals surface area contributed by atoms with Crippen molar-refractivity contribution in [3.8, 4) is 28.7 Å². The van der Waals surface area contributed by atoms with Crippen molar-refractivity contribution in [3.05, 3.63) is 30.3 Å². The Balaban J connectivity index is 2.08. The molecule has 0 heterocycles. The van der Waals surface area contributed by atoms with Crippen LogP contribution in [0.5, 0.6) is 28.7 Å². The van der Waals surface area contributed by atoms with Gasteiger partial charge in [0.15, 0.2) is 11.5 Å². The number of anilines is 2. The van der Waals surface area contributed by atoms with E-state index in [4.69, 9.17) is 23.7 Å². The molecule has 0 unspecified atom stereocenters. The minimum atomic E-state index is -0.243. The van der Waals surface area contributed by atoms with Crippen molar-refractivity contribution in [2.45, 2.75) is 0 Å². The zero-order valence-electron chi connectivity index (χ0n) is 16.0. The molecule has 2 aromatic rings. The van der Waals surface area contributed by atoms with Crippen molar-refractivity contribution in [2.75, 3.05) is 52.7 Å². The largest absolute Gasteiger partial charge is 0.497 e. The minimum Gasteiger partial charge on any atom is -0.497 e. The van der Waals surface area contributed by atoms with E-state index in [1.165, 1.54) is 28.4 Å². The van der Waals surface area contributed by atoms with Crippen LogP contribution in [0.2, 0.25) is 0 Å². The van der Waals surface area contributed by atoms with Crippen molar-refractivity contribution in [1.82, 2.24) is 0 Å². The Morgan fingerprint density at radius 2 is 1.44 bits per heavy atom. The Morgan fingerprint density at radius 1 is 0.815 bits per heavy atom. The molecule has 0 aliphatic heterocycles. The normalized spacial score (nSPS) is 9.96.